The van der Waals surface area contributed by atoms with Crippen molar-refractivity contribution in [3.05, 3.63) is 0 Å². The van der Waals surface area contributed by atoms with Crippen molar-refractivity contribution < 1.29 is 0 Å². The van der Waals surface area contributed by atoms with Crippen LogP contribution in [0.15, 0.2) is 0 Å². The van der Waals surface area contributed by atoms with Gasteiger partial charge in [0, 0.05) is 12.1 Å². The third-order valence-electron chi connectivity index (χ3n) is 4.29. The van der Waals surface area contributed by atoms with E-state index in [0.29, 0.717) is 0 Å². The summed E-state index contributed by atoms with van der Waals surface area (Å²) >= 11 is 0. The van der Waals surface area contributed by atoms with Crippen LogP contribution in [0.5, 0.6) is 0 Å². The highest BCUT2D eigenvalue weighted by Crippen LogP contribution is 2.31. The van der Waals surface area contributed by atoms with Gasteiger partial charge in [-0.3, -0.25) is 0 Å². The summed E-state index contributed by atoms with van der Waals surface area (Å²) < 4.78 is 0. The molecule has 3 unspecified atom stereocenters. The van der Waals surface area contributed by atoms with Crippen LogP contribution in [0.2, 0.25) is 0 Å². The van der Waals surface area contributed by atoms with E-state index in [0.717, 1.165) is 23.9 Å². The zero-order chi connectivity index (χ0) is 9.97. The zero-order valence-corrected chi connectivity index (χ0v) is 9.76. The Hall–Kier alpha value is -0.0400. The summed E-state index contributed by atoms with van der Waals surface area (Å²) in [5.74, 6) is 1.95. The van der Waals surface area contributed by atoms with E-state index in [9.17, 15) is 0 Å². The molecule has 0 heterocycles. The molecule has 0 aromatic carbocycles. The van der Waals surface area contributed by atoms with Gasteiger partial charge in [-0.1, -0.05) is 26.2 Å². The Morgan fingerprint density at radius 2 is 1.79 bits per heavy atom. The van der Waals surface area contributed by atoms with E-state index in [1.54, 1.807) is 0 Å². The van der Waals surface area contributed by atoms with Crippen LogP contribution in [0.25, 0.3) is 0 Å². The van der Waals surface area contributed by atoms with E-state index in [2.05, 4.69) is 19.2 Å². The Kier molecular flexibility index (Phi) is 3.48. The molecule has 0 aromatic heterocycles. The largest absolute Gasteiger partial charge is 0.311 e. The molecule has 0 radical (unpaired) electrons. The van der Waals surface area contributed by atoms with Crippen LogP contribution in [0.4, 0.5) is 0 Å². The van der Waals surface area contributed by atoms with Crippen molar-refractivity contribution in [3.63, 3.8) is 0 Å². The summed E-state index contributed by atoms with van der Waals surface area (Å²) in [7, 11) is 0. The van der Waals surface area contributed by atoms with Gasteiger partial charge in [-0.15, -0.1) is 0 Å². The molecule has 0 bridgehead atoms. The van der Waals surface area contributed by atoms with Gasteiger partial charge in [-0.05, 0) is 44.4 Å². The molecule has 0 aromatic rings. The molecule has 0 saturated heterocycles. The predicted octanol–water partition coefficient (Wildman–Crippen LogP) is 3.34. The smallest absolute Gasteiger partial charge is 0.00721 e. The second kappa shape index (κ2) is 4.65. The maximum Gasteiger partial charge on any atom is 0.00721 e. The molecule has 2 fully saturated rings. The molecule has 1 N–H and O–H groups in total. The Bertz CT molecular complexity index is 174. The number of rotatable bonds is 3. The summed E-state index contributed by atoms with van der Waals surface area (Å²) in [4.78, 5) is 0. The molecule has 14 heavy (non-hydrogen) atoms. The molecule has 0 amide bonds. The fourth-order valence-electron chi connectivity index (χ4n) is 3.03. The Balaban J connectivity index is 1.72. The highest BCUT2D eigenvalue weighted by atomic mass is 15.0. The summed E-state index contributed by atoms with van der Waals surface area (Å²) in [6.45, 7) is 4.80. The summed E-state index contributed by atoms with van der Waals surface area (Å²) in [6.07, 6.45) is 10.1. The fraction of sp³-hybridized carbons (Fsp3) is 1.00. The quantitative estimate of drug-likeness (QED) is 0.728. The van der Waals surface area contributed by atoms with E-state index < -0.39 is 0 Å². The first-order chi connectivity index (χ1) is 6.75. The van der Waals surface area contributed by atoms with Crippen LogP contribution in [-0.2, 0) is 0 Å². The highest BCUT2D eigenvalue weighted by molar-refractivity contribution is 4.84. The molecule has 2 saturated carbocycles. The van der Waals surface area contributed by atoms with Crippen molar-refractivity contribution in [2.24, 2.45) is 11.8 Å². The lowest BCUT2D eigenvalue weighted by molar-refractivity contribution is 0.199. The first-order valence-electron chi connectivity index (χ1n) is 6.51. The second-order valence-electron chi connectivity index (χ2n) is 5.62. The third-order valence-corrected chi connectivity index (χ3v) is 4.29. The van der Waals surface area contributed by atoms with Crippen molar-refractivity contribution in [2.45, 2.75) is 70.9 Å². The topological polar surface area (TPSA) is 12.0 Å². The Morgan fingerprint density at radius 3 is 2.36 bits per heavy atom. The molecular weight excluding hydrogens is 170 g/mol. The van der Waals surface area contributed by atoms with Gasteiger partial charge in [0.1, 0.15) is 0 Å². The molecule has 1 heteroatoms. The molecule has 2 rings (SSSR count). The number of hydrogen-bond donors (Lipinski definition) is 1. The average molecular weight is 195 g/mol. The predicted molar refractivity (Wildman–Crippen MR) is 61.4 cm³/mol. The van der Waals surface area contributed by atoms with E-state index in [1.165, 1.54) is 44.9 Å². The SMILES string of the molecule is CC1CCCC(NC(C)C2CCC2)C1. The molecule has 3 atom stereocenters. The summed E-state index contributed by atoms with van der Waals surface area (Å²) in [6, 6.07) is 1.60. The number of nitrogens with one attached hydrogen (secondary N) is 1. The van der Waals surface area contributed by atoms with Gasteiger partial charge in [-0.25, -0.2) is 0 Å². The summed E-state index contributed by atoms with van der Waals surface area (Å²) in [5, 5.41) is 3.85. The van der Waals surface area contributed by atoms with Crippen LogP contribution in [0, 0.1) is 11.8 Å². The Morgan fingerprint density at radius 1 is 1.07 bits per heavy atom. The van der Waals surface area contributed by atoms with Crippen LogP contribution < -0.4 is 5.32 Å². The number of hydrogen-bond acceptors (Lipinski definition) is 1. The van der Waals surface area contributed by atoms with Crippen molar-refractivity contribution >= 4 is 0 Å². The molecule has 0 aliphatic heterocycles. The molecular formula is C13H25N. The van der Waals surface area contributed by atoms with E-state index in [1.807, 2.05) is 0 Å². The van der Waals surface area contributed by atoms with Crippen molar-refractivity contribution in [2.75, 3.05) is 0 Å². The minimum atomic E-state index is 0.777. The highest BCUT2D eigenvalue weighted by Gasteiger charge is 2.27. The lowest BCUT2D eigenvalue weighted by Crippen LogP contribution is -2.44. The molecule has 82 valence electrons. The van der Waals surface area contributed by atoms with E-state index >= 15 is 0 Å². The first-order valence-corrected chi connectivity index (χ1v) is 6.51. The van der Waals surface area contributed by atoms with Gasteiger partial charge in [0.2, 0.25) is 0 Å². The monoisotopic (exact) mass is 195 g/mol. The molecule has 2 aliphatic rings. The second-order valence-corrected chi connectivity index (χ2v) is 5.62. The minimum absolute atomic E-state index is 0.777. The average Bonchev–Trinajstić information content (AvgIpc) is 1.99. The van der Waals surface area contributed by atoms with Crippen molar-refractivity contribution in [3.8, 4) is 0 Å². The van der Waals surface area contributed by atoms with Crippen molar-refractivity contribution in [1.29, 1.82) is 0 Å². The van der Waals surface area contributed by atoms with Crippen molar-refractivity contribution in [1.82, 2.24) is 5.32 Å². The van der Waals surface area contributed by atoms with Crippen LogP contribution in [0.1, 0.15) is 58.8 Å². The van der Waals surface area contributed by atoms with Gasteiger partial charge in [-0.2, -0.15) is 0 Å². The van der Waals surface area contributed by atoms with Gasteiger partial charge in [0.15, 0.2) is 0 Å². The van der Waals surface area contributed by atoms with E-state index in [-0.39, 0.29) is 0 Å². The molecule has 1 nitrogen and oxygen atoms in total. The van der Waals surface area contributed by atoms with Gasteiger partial charge in [0.05, 0.1) is 0 Å². The zero-order valence-electron chi connectivity index (χ0n) is 9.76. The van der Waals surface area contributed by atoms with Gasteiger partial charge in [0.25, 0.3) is 0 Å². The first kappa shape index (κ1) is 10.5. The maximum atomic E-state index is 3.85. The lowest BCUT2D eigenvalue weighted by Gasteiger charge is -2.37. The van der Waals surface area contributed by atoms with E-state index in [4.69, 9.17) is 0 Å². The Labute approximate surface area is 88.7 Å². The fourth-order valence-corrected chi connectivity index (χ4v) is 3.03. The summed E-state index contributed by atoms with van der Waals surface area (Å²) in [5.41, 5.74) is 0. The minimum Gasteiger partial charge on any atom is -0.311 e. The maximum absolute atomic E-state index is 3.85. The van der Waals surface area contributed by atoms with Gasteiger partial charge >= 0.3 is 0 Å². The normalized spacial score (nSPS) is 36.4. The lowest BCUT2D eigenvalue weighted by atomic mass is 9.79. The van der Waals surface area contributed by atoms with Crippen LogP contribution in [0.3, 0.4) is 0 Å². The van der Waals surface area contributed by atoms with Crippen LogP contribution in [-0.4, -0.2) is 12.1 Å². The molecule has 2 aliphatic carbocycles. The molecule has 0 spiro atoms. The third kappa shape index (κ3) is 2.50. The van der Waals surface area contributed by atoms with Crippen LogP contribution >= 0.6 is 0 Å². The van der Waals surface area contributed by atoms with Gasteiger partial charge < -0.3 is 5.32 Å². The standard InChI is InChI=1S/C13H25N/c1-10-5-3-8-13(9-10)14-11(2)12-6-4-7-12/h10-14H,3-9H2,1-2H3.